The van der Waals surface area contributed by atoms with Gasteiger partial charge in [-0.2, -0.15) is 0 Å². The van der Waals surface area contributed by atoms with E-state index >= 15 is 0 Å². The van der Waals surface area contributed by atoms with Gasteiger partial charge in [0.05, 0.1) is 0 Å². The summed E-state index contributed by atoms with van der Waals surface area (Å²) in [6.07, 6.45) is 4.89. The molecule has 3 nitrogen and oxygen atoms in total. The molecule has 17 heavy (non-hydrogen) atoms. The Labute approximate surface area is 102 Å². The summed E-state index contributed by atoms with van der Waals surface area (Å²) >= 11 is 0. The molecule has 1 unspecified atom stereocenters. The number of rotatable bonds is 3. The van der Waals surface area contributed by atoms with Gasteiger partial charge in [-0.1, -0.05) is 12.1 Å². The van der Waals surface area contributed by atoms with E-state index in [1.165, 1.54) is 12.0 Å². The minimum absolute atomic E-state index is 0.0368. The van der Waals surface area contributed by atoms with E-state index in [4.69, 9.17) is 10.5 Å². The molecule has 0 bridgehead atoms. The third kappa shape index (κ3) is 2.45. The van der Waals surface area contributed by atoms with Crippen LogP contribution in [0.3, 0.4) is 0 Å². The summed E-state index contributed by atoms with van der Waals surface area (Å²) in [5, 5.41) is 3.36. The Bertz CT molecular complexity index is 378. The molecule has 3 rings (SSSR count). The van der Waals surface area contributed by atoms with Crippen molar-refractivity contribution < 1.29 is 4.74 Å². The van der Waals surface area contributed by atoms with Crippen molar-refractivity contribution in [3.8, 4) is 5.75 Å². The number of hydrogen-bond donors (Lipinski definition) is 2. The first-order chi connectivity index (χ1) is 8.26. The fraction of sp³-hybridized carbons (Fsp3) is 0.571. The Morgan fingerprint density at radius 2 is 2.00 bits per heavy atom. The molecule has 3 heteroatoms. The first-order valence-corrected chi connectivity index (χ1v) is 6.53. The van der Waals surface area contributed by atoms with Crippen LogP contribution in [0.4, 0.5) is 0 Å². The maximum Gasteiger partial charge on any atom is 0.119 e. The highest BCUT2D eigenvalue weighted by molar-refractivity contribution is 5.34. The van der Waals surface area contributed by atoms with Crippen molar-refractivity contribution in [3.63, 3.8) is 0 Å². The predicted octanol–water partition coefficient (Wildman–Crippen LogP) is 1.77. The smallest absolute Gasteiger partial charge is 0.119 e. The molecule has 0 spiro atoms. The van der Waals surface area contributed by atoms with Gasteiger partial charge in [0.1, 0.15) is 11.9 Å². The van der Waals surface area contributed by atoms with Gasteiger partial charge in [-0.3, -0.25) is 0 Å². The minimum atomic E-state index is -0.0368. The molecule has 2 fully saturated rings. The lowest BCUT2D eigenvalue weighted by molar-refractivity contribution is 0.167. The van der Waals surface area contributed by atoms with Crippen LogP contribution in [-0.2, 0) is 5.54 Å². The second-order valence-corrected chi connectivity index (χ2v) is 5.27. The highest BCUT2D eigenvalue weighted by Crippen LogP contribution is 2.42. The SMILES string of the molecule is NC1(c2ccc(OC3CCCNC3)cc2)CC1. The van der Waals surface area contributed by atoms with Crippen LogP contribution >= 0.6 is 0 Å². The van der Waals surface area contributed by atoms with Crippen LogP contribution in [0.2, 0.25) is 0 Å². The van der Waals surface area contributed by atoms with Gasteiger partial charge in [-0.15, -0.1) is 0 Å². The third-order valence-corrected chi connectivity index (χ3v) is 3.77. The lowest BCUT2D eigenvalue weighted by Crippen LogP contribution is -2.37. The van der Waals surface area contributed by atoms with E-state index in [0.717, 1.165) is 38.1 Å². The summed E-state index contributed by atoms with van der Waals surface area (Å²) in [6.45, 7) is 2.08. The zero-order valence-electron chi connectivity index (χ0n) is 10.1. The average Bonchev–Trinajstić information content (AvgIpc) is 3.11. The minimum Gasteiger partial charge on any atom is -0.489 e. The zero-order valence-corrected chi connectivity index (χ0v) is 10.1. The van der Waals surface area contributed by atoms with Crippen LogP contribution in [0.1, 0.15) is 31.2 Å². The molecule has 1 saturated heterocycles. The van der Waals surface area contributed by atoms with Crippen LogP contribution in [0.15, 0.2) is 24.3 Å². The topological polar surface area (TPSA) is 47.3 Å². The Hall–Kier alpha value is -1.06. The molecule has 0 amide bonds. The second kappa shape index (κ2) is 4.31. The molecular formula is C14H20N2O. The molecule has 2 aliphatic rings. The molecule has 1 heterocycles. The van der Waals surface area contributed by atoms with Crippen molar-refractivity contribution in [1.29, 1.82) is 0 Å². The van der Waals surface area contributed by atoms with Gasteiger partial charge in [0.2, 0.25) is 0 Å². The Kier molecular flexibility index (Phi) is 2.81. The molecule has 1 aliphatic carbocycles. The fourth-order valence-corrected chi connectivity index (χ4v) is 2.40. The number of piperidine rings is 1. The average molecular weight is 232 g/mol. The van der Waals surface area contributed by atoms with Crippen LogP contribution in [0, 0.1) is 0 Å². The summed E-state index contributed by atoms with van der Waals surface area (Å²) in [7, 11) is 0. The fourth-order valence-electron chi connectivity index (χ4n) is 2.40. The van der Waals surface area contributed by atoms with Gasteiger partial charge < -0.3 is 15.8 Å². The van der Waals surface area contributed by atoms with Gasteiger partial charge in [-0.25, -0.2) is 0 Å². The number of ether oxygens (including phenoxy) is 1. The molecule has 0 radical (unpaired) electrons. The lowest BCUT2D eigenvalue weighted by atomic mass is 10.1. The Balaban J connectivity index is 1.63. The first-order valence-electron chi connectivity index (χ1n) is 6.53. The van der Waals surface area contributed by atoms with Crippen molar-refractivity contribution in [2.24, 2.45) is 5.73 Å². The summed E-state index contributed by atoms with van der Waals surface area (Å²) in [6, 6.07) is 8.32. The van der Waals surface area contributed by atoms with E-state index < -0.39 is 0 Å². The van der Waals surface area contributed by atoms with E-state index in [9.17, 15) is 0 Å². The molecular weight excluding hydrogens is 212 g/mol. The van der Waals surface area contributed by atoms with Gasteiger partial charge in [-0.05, 0) is 49.9 Å². The number of benzene rings is 1. The van der Waals surface area contributed by atoms with Crippen molar-refractivity contribution in [1.82, 2.24) is 5.32 Å². The van der Waals surface area contributed by atoms with Crippen LogP contribution in [0.5, 0.6) is 5.75 Å². The summed E-state index contributed by atoms with van der Waals surface area (Å²) in [5.41, 5.74) is 7.36. The van der Waals surface area contributed by atoms with Gasteiger partial charge >= 0.3 is 0 Å². The molecule has 1 atom stereocenters. The first kappa shape index (κ1) is 11.1. The molecule has 3 N–H and O–H groups in total. The van der Waals surface area contributed by atoms with Crippen LogP contribution < -0.4 is 15.8 Å². The third-order valence-electron chi connectivity index (χ3n) is 3.77. The highest BCUT2D eigenvalue weighted by Gasteiger charge is 2.39. The van der Waals surface area contributed by atoms with E-state index in [-0.39, 0.29) is 5.54 Å². The molecule has 1 aromatic carbocycles. The molecule has 92 valence electrons. The van der Waals surface area contributed by atoms with Crippen LogP contribution in [0.25, 0.3) is 0 Å². The van der Waals surface area contributed by atoms with Crippen molar-refractivity contribution >= 4 is 0 Å². The molecule has 1 aliphatic heterocycles. The monoisotopic (exact) mass is 232 g/mol. The zero-order chi connectivity index (χ0) is 11.7. The predicted molar refractivity (Wildman–Crippen MR) is 68.1 cm³/mol. The number of hydrogen-bond acceptors (Lipinski definition) is 3. The maximum absolute atomic E-state index is 6.15. The van der Waals surface area contributed by atoms with Crippen molar-refractivity contribution in [3.05, 3.63) is 29.8 Å². The largest absolute Gasteiger partial charge is 0.489 e. The van der Waals surface area contributed by atoms with Crippen molar-refractivity contribution in [2.45, 2.75) is 37.3 Å². The second-order valence-electron chi connectivity index (χ2n) is 5.27. The van der Waals surface area contributed by atoms with E-state index in [2.05, 4.69) is 29.6 Å². The molecule has 0 aromatic heterocycles. The normalized spacial score (nSPS) is 26.5. The molecule has 1 saturated carbocycles. The Morgan fingerprint density at radius 1 is 1.24 bits per heavy atom. The van der Waals surface area contributed by atoms with Gasteiger partial charge in [0.15, 0.2) is 0 Å². The maximum atomic E-state index is 6.15. The van der Waals surface area contributed by atoms with Gasteiger partial charge in [0, 0.05) is 12.1 Å². The van der Waals surface area contributed by atoms with Crippen LogP contribution in [-0.4, -0.2) is 19.2 Å². The van der Waals surface area contributed by atoms with Crippen molar-refractivity contribution in [2.75, 3.05) is 13.1 Å². The van der Waals surface area contributed by atoms with E-state index in [1.807, 2.05) is 0 Å². The van der Waals surface area contributed by atoms with Gasteiger partial charge in [0.25, 0.3) is 0 Å². The molecule has 1 aromatic rings. The quantitative estimate of drug-likeness (QED) is 0.835. The van der Waals surface area contributed by atoms with E-state index in [1.54, 1.807) is 0 Å². The highest BCUT2D eigenvalue weighted by atomic mass is 16.5. The Morgan fingerprint density at radius 3 is 2.59 bits per heavy atom. The summed E-state index contributed by atoms with van der Waals surface area (Å²) in [4.78, 5) is 0. The lowest BCUT2D eigenvalue weighted by Gasteiger charge is -2.24. The summed E-state index contributed by atoms with van der Waals surface area (Å²) in [5.74, 6) is 0.965. The number of nitrogens with one attached hydrogen (secondary N) is 1. The summed E-state index contributed by atoms with van der Waals surface area (Å²) < 4.78 is 5.94. The van der Waals surface area contributed by atoms with E-state index in [0.29, 0.717) is 6.10 Å². The standard InChI is InChI=1S/C14H20N2O/c15-14(7-8-14)11-3-5-12(6-4-11)17-13-2-1-9-16-10-13/h3-6,13,16H,1-2,7-10,15H2. The number of nitrogens with two attached hydrogens (primary N) is 1.